The lowest BCUT2D eigenvalue weighted by atomic mass is 10.0. The first-order chi connectivity index (χ1) is 17.4. The van der Waals surface area contributed by atoms with Crippen LogP contribution in [0.2, 0.25) is 5.02 Å². The maximum absolute atomic E-state index is 13.5. The fraction of sp³-hybridized carbons (Fsp3) is 0.448. The summed E-state index contributed by atoms with van der Waals surface area (Å²) < 4.78 is 1.97. The summed E-state index contributed by atoms with van der Waals surface area (Å²) in [4.78, 5) is 18.1. The third-order valence-corrected chi connectivity index (χ3v) is 8.18. The predicted molar refractivity (Wildman–Crippen MR) is 146 cm³/mol. The van der Waals surface area contributed by atoms with Crippen LogP contribution in [-0.2, 0) is 6.54 Å². The number of hydrogen-bond donors (Lipinski definition) is 1. The van der Waals surface area contributed by atoms with Crippen LogP contribution < -0.4 is 5.32 Å². The van der Waals surface area contributed by atoms with Crippen LogP contribution in [0.1, 0.15) is 39.3 Å². The summed E-state index contributed by atoms with van der Waals surface area (Å²) in [5.41, 5.74) is 5.94. The Morgan fingerprint density at radius 1 is 1.03 bits per heavy atom. The number of amides is 1. The third kappa shape index (κ3) is 5.30. The fourth-order valence-corrected chi connectivity index (χ4v) is 5.93. The number of rotatable bonds is 8. The van der Waals surface area contributed by atoms with Crippen molar-refractivity contribution < 1.29 is 4.79 Å². The van der Waals surface area contributed by atoms with Gasteiger partial charge in [0.1, 0.15) is 0 Å². The predicted octanol–water partition coefficient (Wildman–Crippen LogP) is 5.02. The topological polar surface area (TPSA) is 53.4 Å². The Morgan fingerprint density at radius 3 is 2.44 bits per heavy atom. The van der Waals surface area contributed by atoms with E-state index in [4.69, 9.17) is 16.7 Å². The zero-order chi connectivity index (χ0) is 25.2. The molecule has 0 bridgehead atoms. The van der Waals surface area contributed by atoms with Crippen molar-refractivity contribution >= 4 is 23.2 Å². The molecule has 0 radical (unpaired) electrons. The van der Waals surface area contributed by atoms with Crippen molar-refractivity contribution in [3.8, 4) is 0 Å². The van der Waals surface area contributed by atoms with Gasteiger partial charge in [-0.15, -0.1) is 0 Å². The summed E-state index contributed by atoms with van der Waals surface area (Å²) in [6.45, 7) is 12.6. The van der Waals surface area contributed by atoms with E-state index in [0.717, 1.165) is 78.9 Å². The smallest absolute Gasteiger partial charge is 0.257 e. The second-order valence-corrected chi connectivity index (χ2v) is 10.8. The maximum Gasteiger partial charge on any atom is 0.257 e. The Balaban J connectivity index is 1.11. The van der Waals surface area contributed by atoms with E-state index in [9.17, 15) is 4.79 Å². The van der Waals surface area contributed by atoms with Crippen molar-refractivity contribution in [2.24, 2.45) is 11.8 Å². The molecule has 2 unspecified atom stereocenters. The molecular formula is C29H36ClN5O. The van der Waals surface area contributed by atoms with E-state index in [0.29, 0.717) is 18.4 Å². The highest BCUT2D eigenvalue weighted by atomic mass is 35.5. The number of carbonyl (C=O) groups excluding carboxylic acids is 1. The van der Waals surface area contributed by atoms with Crippen LogP contribution in [0.15, 0.2) is 48.5 Å². The number of halogens is 1. The average Bonchev–Trinajstić information content (AvgIpc) is 3.51. The molecule has 190 valence electrons. The average molecular weight is 506 g/mol. The van der Waals surface area contributed by atoms with Crippen LogP contribution in [0.25, 0.3) is 0 Å². The molecule has 2 fully saturated rings. The molecule has 0 spiro atoms. The Kier molecular flexibility index (Phi) is 7.35. The van der Waals surface area contributed by atoms with E-state index < -0.39 is 0 Å². The lowest BCUT2D eigenvalue weighted by Crippen LogP contribution is -2.34. The number of aromatic nitrogens is 2. The van der Waals surface area contributed by atoms with Crippen LogP contribution in [0.3, 0.4) is 0 Å². The Bertz CT molecular complexity index is 1210. The Hall–Kier alpha value is -2.83. The van der Waals surface area contributed by atoms with Gasteiger partial charge in [-0.05, 0) is 68.8 Å². The van der Waals surface area contributed by atoms with Crippen molar-refractivity contribution in [2.45, 2.75) is 33.7 Å². The second kappa shape index (κ2) is 10.7. The third-order valence-electron chi connectivity index (χ3n) is 7.77. The van der Waals surface area contributed by atoms with Crippen molar-refractivity contribution in [3.63, 3.8) is 0 Å². The van der Waals surface area contributed by atoms with Crippen molar-refractivity contribution in [1.82, 2.24) is 19.6 Å². The number of hydrogen-bond acceptors (Lipinski definition) is 4. The number of anilines is 1. The molecule has 1 N–H and O–H groups in total. The summed E-state index contributed by atoms with van der Waals surface area (Å²) in [6.07, 6.45) is 1.09. The van der Waals surface area contributed by atoms with Crippen LogP contribution in [0.4, 0.5) is 5.69 Å². The van der Waals surface area contributed by atoms with Gasteiger partial charge in [0.15, 0.2) is 0 Å². The molecule has 2 saturated heterocycles. The molecule has 1 aromatic heterocycles. The molecule has 3 aromatic rings. The lowest BCUT2D eigenvalue weighted by molar-refractivity contribution is 0.0772. The first kappa shape index (κ1) is 24.8. The van der Waals surface area contributed by atoms with Crippen LogP contribution in [0, 0.1) is 32.6 Å². The molecule has 2 aliphatic heterocycles. The van der Waals surface area contributed by atoms with E-state index in [2.05, 4.69) is 39.4 Å². The number of nitrogens with one attached hydrogen (secondary N) is 1. The molecule has 6 nitrogen and oxygen atoms in total. The highest BCUT2D eigenvalue weighted by molar-refractivity contribution is 6.31. The van der Waals surface area contributed by atoms with Crippen molar-refractivity contribution in [1.29, 1.82) is 0 Å². The number of nitrogens with zero attached hydrogens (tertiary/aromatic N) is 4. The molecule has 36 heavy (non-hydrogen) atoms. The molecule has 0 aliphatic carbocycles. The zero-order valence-corrected chi connectivity index (χ0v) is 22.3. The molecule has 0 saturated carbocycles. The van der Waals surface area contributed by atoms with Gasteiger partial charge in [0, 0.05) is 49.1 Å². The quantitative estimate of drug-likeness (QED) is 0.437. The van der Waals surface area contributed by atoms with E-state index in [1.54, 1.807) is 0 Å². The van der Waals surface area contributed by atoms with Gasteiger partial charge in [0.05, 0.1) is 17.8 Å². The number of fused-ring (bicyclic) bond motifs is 1. The number of benzene rings is 2. The highest BCUT2D eigenvalue weighted by Gasteiger charge is 2.42. The van der Waals surface area contributed by atoms with Crippen LogP contribution in [0.5, 0.6) is 0 Å². The van der Waals surface area contributed by atoms with Gasteiger partial charge < -0.3 is 15.1 Å². The van der Waals surface area contributed by atoms with Crippen LogP contribution >= 0.6 is 11.6 Å². The SMILES string of the molecule is Cc1ccc(NCCCN2CC3CN(C(=O)c4c(C)nn(Cc5ccccc5)c4C)CC3C2)cc1Cl. The van der Waals surface area contributed by atoms with Gasteiger partial charge in [-0.25, -0.2) is 0 Å². The summed E-state index contributed by atoms with van der Waals surface area (Å²) in [5.74, 6) is 1.28. The van der Waals surface area contributed by atoms with Crippen molar-refractivity contribution in [2.75, 3.05) is 44.6 Å². The number of carbonyl (C=O) groups is 1. The van der Waals surface area contributed by atoms with E-state index in [-0.39, 0.29) is 5.91 Å². The number of likely N-dealkylation sites (tertiary alicyclic amines) is 2. The molecule has 2 aromatic carbocycles. The minimum absolute atomic E-state index is 0.145. The summed E-state index contributed by atoms with van der Waals surface area (Å²) >= 11 is 6.23. The molecule has 1 amide bonds. The fourth-order valence-electron chi connectivity index (χ4n) is 5.75. The summed E-state index contributed by atoms with van der Waals surface area (Å²) in [5, 5.41) is 8.99. The minimum atomic E-state index is 0.145. The van der Waals surface area contributed by atoms with E-state index >= 15 is 0 Å². The largest absolute Gasteiger partial charge is 0.385 e. The van der Waals surface area contributed by atoms with Gasteiger partial charge in [0.2, 0.25) is 0 Å². The molecule has 2 atom stereocenters. The maximum atomic E-state index is 13.5. The lowest BCUT2D eigenvalue weighted by Gasteiger charge is -2.22. The standard InChI is InChI=1S/C29H36ClN5O/c1-20-10-11-26(14-27(20)30)31-12-7-13-33-16-24-18-34(19-25(24)17-33)29(36)28-21(2)32-35(22(28)3)15-23-8-5-4-6-9-23/h4-6,8-11,14,24-25,31H,7,12-13,15-19H2,1-3H3. The molecule has 7 heteroatoms. The monoisotopic (exact) mass is 505 g/mol. The summed E-state index contributed by atoms with van der Waals surface area (Å²) in [7, 11) is 0. The van der Waals surface area contributed by atoms with Gasteiger partial charge in [0.25, 0.3) is 5.91 Å². The molecule has 2 aliphatic rings. The minimum Gasteiger partial charge on any atom is -0.385 e. The second-order valence-electron chi connectivity index (χ2n) is 10.4. The Labute approximate surface area is 219 Å². The Morgan fingerprint density at radius 2 is 1.75 bits per heavy atom. The number of aryl methyl sites for hydroxylation is 2. The zero-order valence-electron chi connectivity index (χ0n) is 21.5. The first-order valence-corrected chi connectivity index (χ1v) is 13.4. The molecular weight excluding hydrogens is 470 g/mol. The normalized spacial score (nSPS) is 19.6. The first-order valence-electron chi connectivity index (χ1n) is 13.0. The van der Waals surface area contributed by atoms with E-state index in [1.165, 1.54) is 5.56 Å². The summed E-state index contributed by atoms with van der Waals surface area (Å²) in [6, 6.07) is 16.4. The van der Waals surface area contributed by atoms with E-state index in [1.807, 2.05) is 49.7 Å². The molecule has 5 rings (SSSR count). The highest BCUT2D eigenvalue weighted by Crippen LogP contribution is 2.32. The van der Waals surface area contributed by atoms with Gasteiger partial charge >= 0.3 is 0 Å². The van der Waals surface area contributed by atoms with Gasteiger partial charge in [-0.2, -0.15) is 5.10 Å². The van der Waals surface area contributed by atoms with Gasteiger partial charge in [-0.1, -0.05) is 48.0 Å². The molecule has 3 heterocycles. The van der Waals surface area contributed by atoms with Crippen molar-refractivity contribution in [3.05, 3.63) is 81.6 Å². The van der Waals surface area contributed by atoms with Crippen LogP contribution in [-0.4, -0.2) is 64.8 Å². The van der Waals surface area contributed by atoms with Gasteiger partial charge in [-0.3, -0.25) is 9.48 Å².